The number of hydrogen-bond donors (Lipinski definition) is 3. The first-order valence-electron chi connectivity index (χ1n) is 9.89. The number of ether oxygens (including phenoxy) is 2. The minimum Gasteiger partial charge on any atom is -0.479 e. The van der Waals surface area contributed by atoms with E-state index in [2.05, 4.69) is 4.98 Å². The molecule has 5 N–H and O–H groups in total. The lowest BCUT2D eigenvalue weighted by Crippen LogP contribution is -2.26. The Morgan fingerprint density at radius 2 is 1.79 bits per heavy atom. The molecular weight excluding hydrogens is 436 g/mol. The summed E-state index contributed by atoms with van der Waals surface area (Å²) in [6.07, 6.45) is -1.36. The maximum Gasteiger partial charge on any atom is 0.344 e. The maximum atomic E-state index is 14.4. The van der Waals surface area contributed by atoms with E-state index in [9.17, 15) is 18.4 Å². The quantitative estimate of drug-likeness (QED) is 0.446. The Kier molecular flexibility index (Phi) is 7.19. The van der Waals surface area contributed by atoms with Crippen LogP contribution in [0.1, 0.15) is 29.3 Å². The van der Waals surface area contributed by atoms with Crippen LogP contribution in [0.3, 0.4) is 0 Å². The van der Waals surface area contributed by atoms with Crippen LogP contribution >= 0.6 is 0 Å². The van der Waals surface area contributed by atoms with Gasteiger partial charge in [-0.2, -0.15) is 4.98 Å². The van der Waals surface area contributed by atoms with E-state index >= 15 is 0 Å². The minimum absolute atomic E-state index is 0.00585. The molecule has 1 heterocycles. The number of hydrogen-bond acceptors (Lipinski definition) is 6. The molecule has 1 aromatic heterocycles. The van der Waals surface area contributed by atoms with Crippen LogP contribution in [0.15, 0.2) is 48.5 Å². The highest BCUT2D eigenvalue weighted by Gasteiger charge is 2.22. The Labute approximate surface area is 187 Å². The number of halogens is 2. The van der Waals surface area contributed by atoms with Crippen molar-refractivity contribution in [1.82, 2.24) is 4.98 Å². The van der Waals surface area contributed by atoms with Crippen LogP contribution in [0.4, 0.5) is 8.78 Å². The standard InChI is InChI=1S/C23H21F2N3O5/c1-2-19(23(30)31)33-22-18(25)10-17(24)21(28-22)32-16-8-14(7-15(9-16)20(27)29)13-5-3-4-12(6-13)11-26/h3-10,19H,2,11,26H2,1H3,(H2,27,29)(H,30,31)/t19-/m1/s1. The number of pyridine rings is 1. The van der Waals surface area contributed by atoms with Gasteiger partial charge in [0.15, 0.2) is 17.7 Å². The summed E-state index contributed by atoms with van der Waals surface area (Å²) in [4.78, 5) is 26.7. The molecule has 10 heteroatoms. The number of carboxylic acids is 1. The van der Waals surface area contributed by atoms with Gasteiger partial charge in [0.25, 0.3) is 11.8 Å². The van der Waals surface area contributed by atoms with Gasteiger partial charge in [0.05, 0.1) is 0 Å². The zero-order chi connectivity index (χ0) is 24.1. The van der Waals surface area contributed by atoms with E-state index < -0.39 is 41.4 Å². The van der Waals surface area contributed by atoms with Gasteiger partial charge in [-0.1, -0.05) is 25.1 Å². The molecule has 0 saturated carbocycles. The molecule has 1 atom stereocenters. The van der Waals surface area contributed by atoms with E-state index in [1.54, 1.807) is 12.1 Å². The Morgan fingerprint density at radius 3 is 2.42 bits per heavy atom. The molecule has 0 bridgehead atoms. The second-order valence-electron chi connectivity index (χ2n) is 7.03. The highest BCUT2D eigenvalue weighted by Crippen LogP contribution is 2.32. The SMILES string of the molecule is CC[C@@H](Oc1nc(Oc2cc(C(N)=O)cc(-c3cccc(CN)c3)c2)c(F)cc1F)C(=O)O. The fraction of sp³-hybridized carbons (Fsp3) is 0.174. The summed E-state index contributed by atoms with van der Waals surface area (Å²) in [5.74, 6) is -5.83. The molecular formula is C23H21F2N3O5. The van der Waals surface area contributed by atoms with Gasteiger partial charge in [0, 0.05) is 18.2 Å². The number of carboxylic acid groups (broad SMARTS) is 1. The topological polar surface area (TPSA) is 138 Å². The molecule has 0 aliphatic rings. The summed E-state index contributed by atoms with van der Waals surface area (Å²) in [6, 6.07) is 12.0. The fourth-order valence-corrected chi connectivity index (χ4v) is 2.99. The molecule has 172 valence electrons. The summed E-state index contributed by atoms with van der Waals surface area (Å²) >= 11 is 0. The first-order chi connectivity index (χ1) is 15.7. The molecule has 0 saturated heterocycles. The Bertz CT molecular complexity index is 1200. The minimum atomic E-state index is -1.38. The molecule has 0 radical (unpaired) electrons. The number of carbonyl (C=O) groups is 2. The third-order valence-corrected chi connectivity index (χ3v) is 4.67. The van der Waals surface area contributed by atoms with E-state index in [4.69, 9.17) is 26.0 Å². The number of aliphatic carboxylic acids is 1. The lowest BCUT2D eigenvalue weighted by Gasteiger charge is -2.15. The van der Waals surface area contributed by atoms with Crippen LogP contribution in [-0.2, 0) is 11.3 Å². The number of amides is 1. The predicted octanol–water partition coefficient (Wildman–Crippen LogP) is 3.62. The Morgan fingerprint density at radius 1 is 1.06 bits per heavy atom. The number of nitrogens with two attached hydrogens (primary N) is 2. The van der Waals surface area contributed by atoms with Gasteiger partial charge in [-0.05, 0) is 47.4 Å². The normalized spacial score (nSPS) is 11.6. The fourth-order valence-electron chi connectivity index (χ4n) is 2.99. The van der Waals surface area contributed by atoms with Crippen molar-refractivity contribution in [3.8, 4) is 28.6 Å². The van der Waals surface area contributed by atoms with Crippen molar-refractivity contribution >= 4 is 11.9 Å². The largest absolute Gasteiger partial charge is 0.479 e. The van der Waals surface area contributed by atoms with E-state index in [0.717, 1.165) is 5.56 Å². The van der Waals surface area contributed by atoms with Gasteiger partial charge in [0.2, 0.25) is 5.91 Å². The zero-order valence-corrected chi connectivity index (χ0v) is 17.5. The highest BCUT2D eigenvalue weighted by atomic mass is 19.1. The van der Waals surface area contributed by atoms with Crippen molar-refractivity contribution in [1.29, 1.82) is 0 Å². The Hall–Kier alpha value is -4.05. The summed E-state index contributed by atoms with van der Waals surface area (Å²) in [6.45, 7) is 1.82. The summed E-state index contributed by atoms with van der Waals surface area (Å²) in [5, 5.41) is 9.11. The third-order valence-electron chi connectivity index (χ3n) is 4.67. The van der Waals surface area contributed by atoms with Crippen LogP contribution in [-0.4, -0.2) is 28.1 Å². The van der Waals surface area contributed by atoms with Crippen molar-refractivity contribution < 1.29 is 33.0 Å². The lowest BCUT2D eigenvalue weighted by molar-refractivity contribution is -0.145. The van der Waals surface area contributed by atoms with Gasteiger partial charge in [0.1, 0.15) is 5.75 Å². The first-order valence-corrected chi connectivity index (χ1v) is 9.89. The molecule has 0 aliphatic carbocycles. The molecule has 0 unspecified atom stereocenters. The average molecular weight is 457 g/mol. The smallest absolute Gasteiger partial charge is 0.344 e. The van der Waals surface area contributed by atoms with Gasteiger partial charge >= 0.3 is 5.97 Å². The van der Waals surface area contributed by atoms with Gasteiger partial charge in [-0.15, -0.1) is 0 Å². The third kappa shape index (κ3) is 5.60. The number of primary amides is 1. The molecule has 2 aromatic carbocycles. The van der Waals surface area contributed by atoms with Gasteiger partial charge < -0.3 is 26.0 Å². The molecule has 3 aromatic rings. The highest BCUT2D eigenvalue weighted by molar-refractivity contribution is 5.94. The predicted molar refractivity (Wildman–Crippen MR) is 115 cm³/mol. The molecule has 33 heavy (non-hydrogen) atoms. The van der Waals surface area contributed by atoms with Crippen molar-refractivity contribution in [2.45, 2.75) is 26.0 Å². The van der Waals surface area contributed by atoms with E-state index in [0.29, 0.717) is 23.7 Å². The van der Waals surface area contributed by atoms with Crippen molar-refractivity contribution in [2.24, 2.45) is 11.5 Å². The number of benzene rings is 2. The monoisotopic (exact) mass is 457 g/mol. The molecule has 8 nitrogen and oxygen atoms in total. The second kappa shape index (κ2) is 10.0. The number of rotatable bonds is 9. The maximum absolute atomic E-state index is 14.4. The lowest BCUT2D eigenvalue weighted by atomic mass is 10.0. The second-order valence-corrected chi connectivity index (χ2v) is 7.03. The molecule has 1 amide bonds. The molecule has 0 spiro atoms. The van der Waals surface area contributed by atoms with Crippen molar-refractivity contribution in [3.63, 3.8) is 0 Å². The van der Waals surface area contributed by atoms with E-state index in [-0.39, 0.29) is 17.7 Å². The Balaban J connectivity index is 2.01. The first kappa shape index (κ1) is 23.6. The average Bonchev–Trinajstić information content (AvgIpc) is 2.79. The number of nitrogens with zero attached hydrogens (tertiary/aromatic N) is 1. The van der Waals surface area contributed by atoms with Crippen LogP contribution in [0, 0.1) is 11.6 Å². The summed E-state index contributed by atoms with van der Waals surface area (Å²) in [5.41, 5.74) is 13.3. The number of carbonyl (C=O) groups excluding carboxylic acids is 1. The molecule has 0 fully saturated rings. The van der Waals surface area contributed by atoms with Gasteiger partial charge in [-0.25, -0.2) is 13.6 Å². The van der Waals surface area contributed by atoms with Crippen LogP contribution < -0.4 is 20.9 Å². The van der Waals surface area contributed by atoms with Crippen LogP contribution in [0.5, 0.6) is 17.5 Å². The molecule has 0 aliphatic heterocycles. The van der Waals surface area contributed by atoms with E-state index in [1.807, 2.05) is 12.1 Å². The molecule has 3 rings (SSSR count). The van der Waals surface area contributed by atoms with Crippen LogP contribution in [0.25, 0.3) is 11.1 Å². The van der Waals surface area contributed by atoms with Gasteiger partial charge in [-0.3, -0.25) is 4.79 Å². The summed E-state index contributed by atoms with van der Waals surface area (Å²) in [7, 11) is 0. The number of aromatic nitrogens is 1. The summed E-state index contributed by atoms with van der Waals surface area (Å²) < 4.78 is 39.0. The van der Waals surface area contributed by atoms with E-state index in [1.165, 1.54) is 25.1 Å². The zero-order valence-electron chi connectivity index (χ0n) is 17.5. The van der Waals surface area contributed by atoms with Crippen LogP contribution in [0.2, 0.25) is 0 Å². The van der Waals surface area contributed by atoms with Crippen molar-refractivity contribution in [3.05, 3.63) is 71.3 Å². The van der Waals surface area contributed by atoms with Crippen molar-refractivity contribution in [2.75, 3.05) is 0 Å².